The molecule has 0 unspecified atom stereocenters. The molecule has 2 aromatic carbocycles. The van der Waals surface area contributed by atoms with Crippen LogP contribution in [0.25, 0.3) is 0 Å². The van der Waals surface area contributed by atoms with Crippen LogP contribution in [0.1, 0.15) is 5.56 Å². The molecule has 6 heteroatoms. The zero-order valence-electron chi connectivity index (χ0n) is 13.2. The molecule has 4 nitrogen and oxygen atoms in total. The number of anilines is 1. The molecule has 2 aromatic rings. The van der Waals surface area contributed by atoms with Crippen LogP contribution in [0.5, 0.6) is 0 Å². The van der Waals surface area contributed by atoms with Crippen LogP contribution in [-0.2, 0) is 6.54 Å². The third-order valence-corrected chi connectivity index (χ3v) is 4.76. The first-order valence-electron chi connectivity index (χ1n) is 7.89. The van der Waals surface area contributed by atoms with Crippen molar-refractivity contribution in [3.63, 3.8) is 0 Å². The highest BCUT2D eigenvalue weighted by Gasteiger charge is 2.21. The molecule has 1 saturated heterocycles. The summed E-state index contributed by atoms with van der Waals surface area (Å²) in [5, 5.41) is 2.92. The summed E-state index contributed by atoms with van der Waals surface area (Å²) in [5.41, 5.74) is 1.73. The molecule has 0 aliphatic carbocycles. The van der Waals surface area contributed by atoms with E-state index in [4.69, 9.17) is 0 Å². The summed E-state index contributed by atoms with van der Waals surface area (Å²) < 4.78 is 14.1. The van der Waals surface area contributed by atoms with Gasteiger partial charge in [-0.05, 0) is 45.8 Å². The summed E-state index contributed by atoms with van der Waals surface area (Å²) in [6.45, 7) is 3.58. The molecule has 3 rings (SSSR count). The minimum absolute atomic E-state index is 0.0905. The Bertz CT molecular complexity index is 717. The van der Waals surface area contributed by atoms with E-state index in [1.54, 1.807) is 12.1 Å². The molecule has 1 aliphatic heterocycles. The van der Waals surface area contributed by atoms with E-state index in [1.807, 2.05) is 35.2 Å². The lowest BCUT2D eigenvalue weighted by Gasteiger charge is -2.34. The summed E-state index contributed by atoms with van der Waals surface area (Å²) in [7, 11) is 0. The van der Waals surface area contributed by atoms with E-state index >= 15 is 0 Å². The molecule has 1 aliphatic rings. The van der Waals surface area contributed by atoms with Crippen molar-refractivity contribution >= 4 is 27.6 Å². The van der Waals surface area contributed by atoms with Crippen LogP contribution in [0.3, 0.4) is 0 Å². The van der Waals surface area contributed by atoms with Crippen molar-refractivity contribution in [3.05, 3.63) is 64.4 Å². The van der Waals surface area contributed by atoms with Crippen molar-refractivity contribution < 1.29 is 9.18 Å². The number of hydrogen-bond acceptors (Lipinski definition) is 2. The minimum atomic E-state index is -0.209. The van der Waals surface area contributed by atoms with Gasteiger partial charge >= 0.3 is 6.03 Å². The van der Waals surface area contributed by atoms with Crippen LogP contribution in [-0.4, -0.2) is 42.0 Å². The van der Waals surface area contributed by atoms with E-state index in [-0.39, 0.29) is 11.8 Å². The van der Waals surface area contributed by atoms with E-state index in [9.17, 15) is 9.18 Å². The summed E-state index contributed by atoms with van der Waals surface area (Å²) in [6, 6.07) is 14.1. The van der Waals surface area contributed by atoms with E-state index in [1.165, 1.54) is 6.07 Å². The van der Waals surface area contributed by atoms with Crippen LogP contribution >= 0.6 is 15.9 Å². The summed E-state index contributed by atoms with van der Waals surface area (Å²) in [4.78, 5) is 16.4. The smallest absolute Gasteiger partial charge is 0.321 e. The Balaban J connectivity index is 1.51. The highest BCUT2D eigenvalue weighted by molar-refractivity contribution is 9.10. The largest absolute Gasteiger partial charge is 0.322 e. The summed E-state index contributed by atoms with van der Waals surface area (Å²) in [6.07, 6.45) is 0. The molecule has 0 bridgehead atoms. The Hall–Kier alpha value is -1.92. The fraction of sp³-hybridized carbons (Fsp3) is 0.278. The Labute approximate surface area is 149 Å². The lowest BCUT2D eigenvalue weighted by atomic mass is 10.2. The van der Waals surface area contributed by atoms with Gasteiger partial charge in [0.15, 0.2) is 0 Å². The van der Waals surface area contributed by atoms with Gasteiger partial charge in [0.05, 0.1) is 5.69 Å². The van der Waals surface area contributed by atoms with Gasteiger partial charge in [0, 0.05) is 37.2 Å². The number of nitrogens with zero attached hydrogens (tertiary/aromatic N) is 2. The third-order valence-electron chi connectivity index (χ3n) is 4.07. The average Bonchev–Trinajstić information content (AvgIpc) is 2.57. The lowest BCUT2D eigenvalue weighted by Crippen LogP contribution is -2.49. The second-order valence-corrected chi connectivity index (χ2v) is 6.66. The van der Waals surface area contributed by atoms with E-state index in [0.717, 1.165) is 28.8 Å². The van der Waals surface area contributed by atoms with Gasteiger partial charge in [0.25, 0.3) is 0 Å². The second kappa shape index (κ2) is 7.77. The maximum atomic E-state index is 13.2. The average molecular weight is 392 g/mol. The van der Waals surface area contributed by atoms with Crippen LogP contribution in [0.15, 0.2) is 53.0 Å². The van der Waals surface area contributed by atoms with Crippen molar-refractivity contribution in [2.24, 2.45) is 0 Å². The number of urea groups is 1. The van der Waals surface area contributed by atoms with Crippen molar-refractivity contribution in [1.29, 1.82) is 0 Å². The number of hydrogen-bond donors (Lipinski definition) is 1. The maximum Gasteiger partial charge on any atom is 0.321 e. The minimum Gasteiger partial charge on any atom is -0.322 e. The normalized spacial score (nSPS) is 15.3. The SMILES string of the molecule is O=C(Nc1ccccc1Br)N1CCN(Cc2cccc(F)c2)CC1. The highest BCUT2D eigenvalue weighted by Crippen LogP contribution is 2.21. The molecular formula is C18H19BrFN3O. The molecule has 0 spiro atoms. The van der Waals surface area contributed by atoms with E-state index < -0.39 is 0 Å². The molecule has 0 atom stereocenters. The highest BCUT2D eigenvalue weighted by atomic mass is 79.9. The van der Waals surface area contributed by atoms with Gasteiger partial charge in [-0.2, -0.15) is 0 Å². The third kappa shape index (κ3) is 4.33. The molecule has 24 heavy (non-hydrogen) atoms. The van der Waals surface area contributed by atoms with Crippen LogP contribution < -0.4 is 5.32 Å². The number of para-hydroxylation sites is 1. The van der Waals surface area contributed by atoms with E-state index in [2.05, 4.69) is 26.1 Å². The van der Waals surface area contributed by atoms with Crippen LogP contribution in [0.4, 0.5) is 14.9 Å². The summed E-state index contributed by atoms with van der Waals surface area (Å²) >= 11 is 3.43. The number of piperazine rings is 1. The Morgan fingerprint density at radius 1 is 1.08 bits per heavy atom. The van der Waals surface area contributed by atoms with Crippen LogP contribution in [0, 0.1) is 5.82 Å². The Morgan fingerprint density at radius 2 is 1.83 bits per heavy atom. The number of amides is 2. The van der Waals surface area contributed by atoms with Gasteiger partial charge in [-0.15, -0.1) is 0 Å². The maximum absolute atomic E-state index is 13.2. The first-order valence-corrected chi connectivity index (χ1v) is 8.68. The topological polar surface area (TPSA) is 35.6 Å². The number of rotatable bonds is 3. The van der Waals surface area contributed by atoms with Gasteiger partial charge in [-0.1, -0.05) is 24.3 Å². The molecule has 126 valence electrons. The van der Waals surface area contributed by atoms with Gasteiger partial charge in [0.2, 0.25) is 0 Å². The van der Waals surface area contributed by atoms with Crippen molar-refractivity contribution in [2.45, 2.75) is 6.54 Å². The van der Waals surface area contributed by atoms with E-state index in [0.29, 0.717) is 19.6 Å². The number of nitrogens with one attached hydrogen (secondary N) is 1. The monoisotopic (exact) mass is 391 g/mol. The molecule has 0 aromatic heterocycles. The molecule has 0 saturated carbocycles. The molecule has 0 radical (unpaired) electrons. The number of benzene rings is 2. The Morgan fingerprint density at radius 3 is 2.54 bits per heavy atom. The van der Waals surface area contributed by atoms with Crippen LogP contribution in [0.2, 0.25) is 0 Å². The van der Waals surface area contributed by atoms with Crippen molar-refractivity contribution in [3.8, 4) is 0 Å². The predicted molar refractivity (Wildman–Crippen MR) is 96.4 cm³/mol. The van der Waals surface area contributed by atoms with Gasteiger partial charge in [-0.3, -0.25) is 4.90 Å². The fourth-order valence-electron chi connectivity index (χ4n) is 2.76. The number of carbonyl (C=O) groups is 1. The van der Waals surface area contributed by atoms with Crippen molar-refractivity contribution in [2.75, 3.05) is 31.5 Å². The van der Waals surface area contributed by atoms with Gasteiger partial charge < -0.3 is 10.2 Å². The lowest BCUT2D eigenvalue weighted by molar-refractivity contribution is 0.143. The number of halogens is 2. The first-order chi connectivity index (χ1) is 11.6. The quantitative estimate of drug-likeness (QED) is 0.859. The van der Waals surface area contributed by atoms with Gasteiger partial charge in [-0.25, -0.2) is 9.18 Å². The zero-order valence-corrected chi connectivity index (χ0v) is 14.8. The molecule has 1 N–H and O–H groups in total. The molecular weight excluding hydrogens is 373 g/mol. The number of carbonyl (C=O) groups excluding carboxylic acids is 1. The van der Waals surface area contributed by atoms with Gasteiger partial charge in [0.1, 0.15) is 5.82 Å². The Kier molecular flexibility index (Phi) is 5.48. The first kappa shape index (κ1) is 16.9. The molecule has 1 fully saturated rings. The van der Waals surface area contributed by atoms with Crippen molar-refractivity contribution in [1.82, 2.24) is 9.80 Å². The molecule has 2 amide bonds. The second-order valence-electron chi connectivity index (χ2n) is 5.80. The standard InChI is InChI=1S/C18H19BrFN3O/c19-16-6-1-2-7-17(16)21-18(24)23-10-8-22(9-11-23)13-14-4-3-5-15(20)12-14/h1-7,12H,8-11,13H2,(H,21,24). The fourth-order valence-corrected chi connectivity index (χ4v) is 3.14. The predicted octanol–water partition coefficient (Wildman–Crippen LogP) is 3.94. The molecule has 1 heterocycles. The zero-order chi connectivity index (χ0) is 16.9. The summed E-state index contributed by atoms with van der Waals surface area (Å²) in [5.74, 6) is -0.209.